The van der Waals surface area contributed by atoms with Gasteiger partial charge in [-0.05, 0) is 25.5 Å². The van der Waals surface area contributed by atoms with E-state index in [4.69, 9.17) is 9.47 Å². The molecule has 6 nitrogen and oxygen atoms in total. The Morgan fingerprint density at radius 2 is 2.04 bits per heavy atom. The van der Waals surface area contributed by atoms with E-state index in [9.17, 15) is 9.59 Å². The normalized spacial score (nSPS) is 17.6. The lowest BCUT2D eigenvalue weighted by molar-refractivity contribution is -0.142. The van der Waals surface area contributed by atoms with E-state index >= 15 is 0 Å². The summed E-state index contributed by atoms with van der Waals surface area (Å²) in [6.07, 6.45) is 0.644. The van der Waals surface area contributed by atoms with Crippen molar-refractivity contribution in [3.63, 3.8) is 0 Å². The van der Waals surface area contributed by atoms with Crippen LogP contribution in [0.25, 0.3) is 0 Å². The van der Waals surface area contributed by atoms with Crippen LogP contribution in [0.2, 0.25) is 0 Å². The summed E-state index contributed by atoms with van der Waals surface area (Å²) in [6.45, 7) is 3.79. The number of hydrogen-bond donors (Lipinski definition) is 0. The molecule has 2 amide bonds. The van der Waals surface area contributed by atoms with Gasteiger partial charge in [0.25, 0.3) is 0 Å². The molecule has 1 unspecified atom stereocenters. The van der Waals surface area contributed by atoms with Gasteiger partial charge in [0.2, 0.25) is 11.8 Å². The molecule has 1 fully saturated rings. The van der Waals surface area contributed by atoms with Crippen LogP contribution in [0.15, 0.2) is 30.3 Å². The summed E-state index contributed by atoms with van der Waals surface area (Å²) in [7, 11) is 1.58. The largest absolute Gasteiger partial charge is 0.382 e. The summed E-state index contributed by atoms with van der Waals surface area (Å²) in [5.41, 5.74) is 0.875. The van der Waals surface area contributed by atoms with Crippen molar-refractivity contribution in [2.75, 3.05) is 44.9 Å². The van der Waals surface area contributed by atoms with Gasteiger partial charge in [-0.25, -0.2) is 0 Å². The van der Waals surface area contributed by atoms with Crippen LogP contribution >= 0.6 is 0 Å². The van der Waals surface area contributed by atoms with Gasteiger partial charge in [0.15, 0.2) is 0 Å². The Kier molecular flexibility index (Phi) is 6.55. The van der Waals surface area contributed by atoms with Gasteiger partial charge in [0.05, 0.1) is 13.2 Å². The minimum atomic E-state index is -0.404. The summed E-state index contributed by atoms with van der Waals surface area (Å²) in [5.74, 6) is -0.180. The number of hydrogen-bond acceptors (Lipinski definition) is 4. The minimum Gasteiger partial charge on any atom is -0.382 e. The second kappa shape index (κ2) is 8.64. The summed E-state index contributed by atoms with van der Waals surface area (Å²) in [6, 6.07) is 9.14. The number of methoxy groups -OCH3 is 1. The zero-order valence-corrected chi connectivity index (χ0v) is 13.7. The van der Waals surface area contributed by atoms with Crippen molar-refractivity contribution >= 4 is 17.5 Å². The fourth-order valence-corrected chi connectivity index (χ4v) is 2.77. The van der Waals surface area contributed by atoms with E-state index in [1.165, 1.54) is 0 Å². The van der Waals surface area contributed by atoms with E-state index in [1.54, 1.807) is 16.9 Å². The third-order valence-corrected chi connectivity index (χ3v) is 3.94. The molecule has 1 saturated heterocycles. The molecule has 0 radical (unpaired) electrons. The Bertz CT molecular complexity index is 521. The Balaban J connectivity index is 1.96. The quantitative estimate of drug-likeness (QED) is 0.678. The predicted octanol–water partition coefficient (Wildman–Crippen LogP) is 1.30. The number of benzene rings is 1. The molecule has 6 heteroatoms. The molecule has 0 saturated carbocycles. The van der Waals surface area contributed by atoms with Gasteiger partial charge in [-0.3, -0.25) is 9.59 Å². The van der Waals surface area contributed by atoms with Gasteiger partial charge in [0.1, 0.15) is 12.6 Å². The smallest absolute Gasteiger partial charge is 0.249 e. The number of para-hydroxylation sites is 1. The third-order valence-electron chi connectivity index (χ3n) is 3.94. The second-order valence-electron chi connectivity index (χ2n) is 5.36. The van der Waals surface area contributed by atoms with E-state index in [-0.39, 0.29) is 18.4 Å². The standard InChI is InChI=1S/C17H24N2O4/c1-3-18(16(20)13-23-12-11-22-2)15-9-10-19(17(15)21)14-7-5-4-6-8-14/h4-8,15H,3,9-13H2,1-2H3. The Morgan fingerprint density at radius 1 is 1.30 bits per heavy atom. The third kappa shape index (κ3) is 4.30. The van der Waals surface area contributed by atoms with Crippen LogP contribution in [0.5, 0.6) is 0 Å². The van der Waals surface area contributed by atoms with Crippen LogP contribution < -0.4 is 4.90 Å². The maximum Gasteiger partial charge on any atom is 0.249 e. The van der Waals surface area contributed by atoms with E-state index in [0.29, 0.717) is 32.7 Å². The molecule has 1 atom stereocenters. The molecule has 1 aliphatic rings. The van der Waals surface area contributed by atoms with Gasteiger partial charge in [0, 0.05) is 25.9 Å². The van der Waals surface area contributed by atoms with Gasteiger partial charge >= 0.3 is 0 Å². The fourth-order valence-electron chi connectivity index (χ4n) is 2.77. The molecule has 1 heterocycles. The van der Waals surface area contributed by atoms with Crippen molar-refractivity contribution in [1.29, 1.82) is 0 Å². The van der Waals surface area contributed by atoms with E-state index < -0.39 is 6.04 Å². The lowest BCUT2D eigenvalue weighted by Crippen LogP contribution is -2.46. The molecular formula is C17H24N2O4. The molecule has 1 aromatic carbocycles. The van der Waals surface area contributed by atoms with Crippen molar-refractivity contribution in [3.8, 4) is 0 Å². The Morgan fingerprint density at radius 3 is 2.70 bits per heavy atom. The summed E-state index contributed by atoms with van der Waals surface area (Å²) in [5, 5.41) is 0. The van der Waals surface area contributed by atoms with Crippen molar-refractivity contribution < 1.29 is 19.1 Å². The molecule has 0 aromatic heterocycles. The molecule has 1 aromatic rings. The molecule has 0 spiro atoms. The number of ether oxygens (including phenoxy) is 2. The molecule has 126 valence electrons. The monoisotopic (exact) mass is 320 g/mol. The van der Waals surface area contributed by atoms with Crippen LogP contribution in [0.4, 0.5) is 5.69 Å². The molecule has 0 aliphatic carbocycles. The van der Waals surface area contributed by atoms with Crippen LogP contribution in [-0.2, 0) is 19.1 Å². The molecule has 0 N–H and O–H groups in total. The van der Waals surface area contributed by atoms with Crippen molar-refractivity contribution in [2.24, 2.45) is 0 Å². The van der Waals surface area contributed by atoms with Crippen LogP contribution in [0.3, 0.4) is 0 Å². The van der Waals surface area contributed by atoms with Crippen molar-refractivity contribution in [2.45, 2.75) is 19.4 Å². The summed E-state index contributed by atoms with van der Waals surface area (Å²) in [4.78, 5) is 28.3. The number of anilines is 1. The SMILES string of the molecule is CCN(C(=O)COCCOC)C1CCN(c2ccccc2)C1=O. The molecule has 1 aliphatic heterocycles. The summed E-state index contributed by atoms with van der Waals surface area (Å²) >= 11 is 0. The molecule has 0 bridgehead atoms. The topological polar surface area (TPSA) is 59.1 Å². The van der Waals surface area contributed by atoms with Gasteiger partial charge in [-0.2, -0.15) is 0 Å². The number of nitrogens with zero attached hydrogens (tertiary/aromatic N) is 2. The zero-order chi connectivity index (χ0) is 16.7. The summed E-state index contributed by atoms with van der Waals surface area (Å²) < 4.78 is 10.2. The average Bonchev–Trinajstić information content (AvgIpc) is 2.95. The highest BCUT2D eigenvalue weighted by Crippen LogP contribution is 2.24. The molecular weight excluding hydrogens is 296 g/mol. The highest BCUT2D eigenvalue weighted by atomic mass is 16.5. The van der Waals surface area contributed by atoms with Gasteiger partial charge < -0.3 is 19.3 Å². The average molecular weight is 320 g/mol. The lowest BCUT2D eigenvalue weighted by atomic mass is 10.2. The number of carbonyl (C=O) groups excluding carboxylic acids is 2. The number of likely N-dealkylation sites (N-methyl/N-ethyl adjacent to an activating group) is 1. The first-order valence-corrected chi connectivity index (χ1v) is 7.91. The first-order chi connectivity index (χ1) is 11.2. The van der Waals surface area contributed by atoms with Gasteiger partial charge in [-0.1, -0.05) is 18.2 Å². The van der Waals surface area contributed by atoms with Gasteiger partial charge in [-0.15, -0.1) is 0 Å². The van der Waals surface area contributed by atoms with E-state index in [2.05, 4.69) is 0 Å². The number of amides is 2. The van der Waals surface area contributed by atoms with Crippen LogP contribution in [0, 0.1) is 0 Å². The Labute approximate surface area is 137 Å². The molecule has 2 rings (SSSR count). The van der Waals surface area contributed by atoms with Crippen LogP contribution in [0.1, 0.15) is 13.3 Å². The first-order valence-electron chi connectivity index (χ1n) is 7.91. The fraction of sp³-hybridized carbons (Fsp3) is 0.529. The highest BCUT2D eigenvalue weighted by molar-refractivity contribution is 6.01. The van der Waals surface area contributed by atoms with Crippen molar-refractivity contribution in [3.05, 3.63) is 30.3 Å². The number of rotatable bonds is 8. The van der Waals surface area contributed by atoms with E-state index in [1.807, 2.05) is 37.3 Å². The maximum absolute atomic E-state index is 12.7. The zero-order valence-electron chi connectivity index (χ0n) is 13.7. The molecule has 23 heavy (non-hydrogen) atoms. The number of carbonyl (C=O) groups is 2. The lowest BCUT2D eigenvalue weighted by Gasteiger charge is -2.27. The Hall–Kier alpha value is -1.92. The second-order valence-corrected chi connectivity index (χ2v) is 5.36. The van der Waals surface area contributed by atoms with E-state index in [0.717, 1.165) is 5.69 Å². The van der Waals surface area contributed by atoms with Crippen molar-refractivity contribution in [1.82, 2.24) is 4.90 Å². The predicted molar refractivity (Wildman–Crippen MR) is 87.3 cm³/mol. The highest BCUT2D eigenvalue weighted by Gasteiger charge is 2.38. The first kappa shape index (κ1) is 17.4. The van der Waals surface area contributed by atoms with Crippen LogP contribution in [-0.4, -0.2) is 62.8 Å². The minimum absolute atomic E-state index is 0.0215. The maximum atomic E-state index is 12.7.